The van der Waals surface area contributed by atoms with Crippen LogP contribution < -0.4 is 5.32 Å². The second-order valence-electron chi connectivity index (χ2n) is 6.48. The van der Waals surface area contributed by atoms with E-state index >= 15 is 0 Å². The molecule has 3 rings (SSSR count). The lowest BCUT2D eigenvalue weighted by atomic mass is 10.1. The van der Waals surface area contributed by atoms with E-state index in [9.17, 15) is 9.59 Å². The predicted octanol–water partition coefficient (Wildman–Crippen LogP) is 4.97. The number of carbonyl (C=O) groups excluding carboxylic acids is 2. The molecule has 2 aromatic carbocycles. The monoisotopic (exact) mass is 458 g/mol. The highest BCUT2D eigenvalue weighted by atomic mass is 79.9. The van der Waals surface area contributed by atoms with Crippen molar-refractivity contribution in [1.29, 1.82) is 0 Å². The molecule has 0 bridgehead atoms. The van der Waals surface area contributed by atoms with Crippen molar-refractivity contribution in [2.24, 2.45) is 0 Å². The van der Waals surface area contributed by atoms with Gasteiger partial charge in [-0.05, 0) is 49.1 Å². The molecule has 152 valence electrons. The average molecular weight is 459 g/mol. The van der Waals surface area contributed by atoms with Gasteiger partial charge in [-0.15, -0.1) is 0 Å². The number of hydrogen-bond acceptors (Lipinski definition) is 4. The summed E-state index contributed by atoms with van der Waals surface area (Å²) in [4.78, 5) is 27.4. The molecule has 0 atom stereocenters. The summed E-state index contributed by atoms with van der Waals surface area (Å²) in [6, 6.07) is 15.3. The zero-order valence-corrected chi connectivity index (χ0v) is 17.8. The highest BCUT2D eigenvalue weighted by Gasteiger charge is 2.18. The minimum Gasteiger partial charge on any atom is -0.461 e. The quantitative estimate of drug-likeness (QED) is 0.368. The fourth-order valence-corrected chi connectivity index (χ4v) is 3.45. The van der Waals surface area contributed by atoms with E-state index in [-0.39, 0.29) is 12.6 Å². The number of amides is 1. The van der Waals surface area contributed by atoms with Crippen molar-refractivity contribution in [3.05, 3.63) is 69.8 Å². The molecule has 3 aromatic rings. The number of H-pyrrole nitrogens is 1. The molecule has 1 amide bonds. The number of ether oxygens (including phenoxy) is 2. The molecule has 29 heavy (non-hydrogen) atoms. The molecule has 0 aliphatic carbocycles. The Morgan fingerprint density at radius 1 is 1.10 bits per heavy atom. The number of aryl methyl sites for hydroxylation is 1. The first kappa shape index (κ1) is 20.9. The molecule has 0 unspecified atom stereocenters. The first-order valence-corrected chi connectivity index (χ1v) is 10.3. The predicted molar refractivity (Wildman–Crippen MR) is 115 cm³/mol. The van der Waals surface area contributed by atoms with Crippen molar-refractivity contribution in [2.45, 2.75) is 26.4 Å². The van der Waals surface area contributed by atoms with Crippen molar-refractivity contribution in [1.82, 2.24) is 10.3 Å². The van der Waals surface area contributed by atoms with Gasteiger partial charge in [0.2, 0.25) is 0 Å². The van der Waals surface area contributed by atoms with Crippen LogP contribution in [0.5, 0.6) is 0 Å². The molecule has 0 aliphatic heterocycles. The van der Waals surface area contributed by atoms with E-state index in [1.165, 1.54) is 0 Å². The van der Waals surface area contributed by atoms with Gasteiger partial charge in [-0.1, -0.05) is 46.3 Å². The van der Waals surface area contributed by atoms with E-state index < -0.39 is 6.09 Å². The van der Waals surface area contributed by atoms with Gasteiger partial charge >= 0.3 is 12.1 Å². The number of hydrogen-bond donors (Lipinski definition) is 2. The molecule has 0 saturated heterocycles. The SMILES string of the molecule is CCOC(=O)c1[nH]c2ccc(Br)cc2c1CCCNC(=O)OCc1ccccc1. The molecule has 7 heteroatoms. The van der Waals surface area contributed by atoms with Crippen LogP contribution in [0, 0.1) is 0 Å². The van der Waals surface area contributed by atoms with Gasteiger partial charge in [0.1, 0.15) is 12.3 Å². The fourth-order valence-electron chi connectivity index (χ4n) is 3.09. The third kappa shape index (κ3) is 5.60. The first-order chi connectivity index (χ1) is 14.1. The fraction of sp³-hybridized carbons (Fsp3) is 0.273. The summed E-state index contributed by atoms with van der Waals surface area (Å²) in [5.41, 5.74) is 3.17. The molecule has 0 fully saturated rings. The summed E-state index contributed by atoms with van der Waals surface area (Å²) < 4.78 is 11.3. The van der Waals surface area contributed by atoms with Gasteiger partial charge in [-0.2, -0.15) is 0 Å². The van der Waals surface area contributed by atoms with Crippen LogP contribution in [0.2, 0.25) is 0 Å². The van der Waals surface area contributed by atoms with Crippen molar-refractivity contribution in [3.63, 3.8) is 0 Å². The Morgan fingerprint density at radius 2 is 1.90 bits per heavy atom. The number of halogens is 1. The van der Waals surface area contributed by atoms with Crippen molar-refractivity contribution in [2.75, 3.05) is 13.2 Å². The summed E-state index contributed by atoms with van der Waals surface area (Å²) in [5, 5.41) is 3.72. The highest BCUT2D eigenvalue weighted by molar-refractivity contribution is 9.10. The number of aromatic nitrogens is 1. The highest BCUT2D eigenvalue weighted by Crippen LogP contribution is 2.27. The maximum atomic E-state index is 12.3. The number of aromatic amines is 1. The Bertz CT molecular complexity index is 985. The Balaban J connectivity index is 1.58. The van der Waals surface area contributed by atoms with Gasteiger partial charge in [0.25, 0.3) is 0 Å². The smallest absolute Gasteiger partial charge is 0.407 e. The minimum atomic E-state index is -0.457. The van der Waals surface area contributed by atoms with Crippen LogP contribution in [0.25, 0.3) is 10.9 Å². The van der Waals surface area contributed by atoms with Crippen LogP contribution in [0.15, 0.2) is 53.0 Å². The van der Waals surface area contributed by atoms with E-state index in [0.717, 1.165) is 26.5 Å². The summed E-state index contributed by atoms with van der Waals surface area (Å²) in [6.45, 7) is 2.76. The molecule has 0 spiro atoms. The van der Waals surface area contributed by atoms with Crippen LogP contribution in [0.1, 0.15) is 35.0 Å². The van der Waals surface area contributed by atoms with Gasteiger partial charge in [0.05, 0.1) is 6.61 Å². The zero-order chi connectivity index (χ0) is 20.6. The van der Waals surface area contributed by atoms with Gasteiger partial charge in [-0.25, -0.2) is 9.59 Å². The van der Waals surface area contributed by atoms with Gasteiger partial charge in [0, 0.05) is 21.9 Å². The largest absolute Gasteiger partial charge is 0.461 e. The number of fused-ring (bicyclic) bond motifs is 1. The van der Waals surface area contributed by atoms with E-state index in [1.54, 1.807) is 6.92 Å². The van der Waals surface area contributed by atoms with E-state index in [4.69, 9.17) is 9.47 Å². The summed E-state index contributed by atoms with van der Waals surface area (Å²) >= 11 is 3.48. The molecular formula is C22H23BrN2O4. The van der Waals surface area contributed by atoms with Crippen molar-refractivity contribution < 1.29 is 19.1 Å². The Morgan fingerprint density at radius 3 is 2.66 bits per heavy atom. The van der Waals surface area contributed by atoms with Gasteiger partial charge < -0.3 is 19.8 Å². The lowest BCUT2D eigenvalue weighted by molar-refractivity contribution is 0.0519. The third-order valence-corrected chi connectivity index (χ3v) is 4.93. The van der Waals surface area contributed by atoms with Crippen molar-refractivity contribution >= 4 is 38.9 Å². The normalized spacial score (nSPS) is 10.7. The van der Waals surface area contributed by atoms with Gasteiger partial charge in [0.15, 0.2) is 0 Å². The Labute approximate surface area is 177 Å². The van der Waals surface area contributed by atoms with Gasteiger partial charge in [-0.3, -0.25) is 0 Å². The Hall–Kier alpha value is -2.80. The molecule has 1 heterocycles. The molecule has 2 N–H and O–H groups in total. The topological polar surface area (TPSA) is 80.4 Å². The maximum absolute atomic E-state index is 12.3. The van der Waals surface area contributed by atoms with Crippen LogP contribution >= 0.6 is 15.9 Å². The number of alkyl carbamates (subject to hydrolysis) is 1. The molecular weight excluding hydrogens is 436 g/mol. The number of nitrogens with one attached hydrogen (secondary N) is 2. The third-order valence-electron chi connectivity index (χ3n) is 4.43. The van der Waals surface area contributed by atoms with Crippen LogP contribution in [-0.2, 0) is 22.5 Å². The minimum absolute atomic E-state index is 0.232. The molecule has 0 aliphatic rings. The number of esters is 1. The maximum Gasteiger partial charge on any atom is 0.407 e. The summed E-state index contributed by atoms with van der Waals surface area (Å²) in [5.74, 6) is -0.370. The lowest BCUT2D eigenvalue weighted by Crippen LogP contribution is -2.25. The molecule has 0 radical (unpaired) electrons. The molecule has 1 aromatic heterocycles. The van der Waals surface area contributed by atoms with Crippen LogP contribution in [0.4, 0.5) is 4.79 Å². The second-order valence-corrected chi connectivity index (χ2v) is 7.40. The first-order valence-electron chi connectivity index (χ1n) is 9.50. The summed E-state index contributed by atoms with van der Waals surface area (Å²) in [7, 11) is 0. The number of carbonyl (C=O) groups is 2. The zero-order valence-electron chi connectivity index (χ0n) is 16.2. The summed E-state index contributed by atoms with van der Waals surface area (Å²) in [6.07, 6.45) is 0.816. The molecule has 6 nitrogen and oxygen atoms in total. The number of rotatable bonds is 8. The van der Waals surface area contributed by atoms with Crippen LogP contribution in [0.3, 0.4) is 0 Å². The Kier molecular flexibility index (Phi) is 7.30. The second kappa shape index (κ2) is 10.1. The standard InChI is InChI=1S/C22H23BrN2O4/c1-2-28-21(26)20-17(18-13-16(23)10-11-19(18)25-20)9-6-12-24-22(27)29-14-15-7-4-3-5-8-15/h3-5,7-8,10-11,13,25H,2,6,9,12,14H2,1H3,(H,24,27). The van der Waals surface area contributed by atoms with Crippen molar-refractivity contribution in [3.8, 4) is 0 Å². The van der Waals surface area contributed by atoms with E-state index in [1.807, 2.05) is 48.5 Å². The average Bonchev–Trinajstić information content (AvgIpc) is 3.08. The number of benzene rings is 2. The molecule has 0 saturated carbocycles. The van der Waals surface area contributed by atoms with E-state index in [2.05, 4.69) is 26.2 Å². The van der Waals surface area contributed by atoms with Crippen LogP contribution in [-0.4, -0.2) is 30.2 Å². The lowest BCUT2D eigenvalue weighted by Gasteiger charge is -2.08. The van der Waals surface area contributed by atoms with E-state index in [0.29, 0.717) is 31.7 Å².